The fraction of sp³-hybridized carbons (Fsp3) is 0.643. The fourth-order valence-electron chi connectivity index (χ4n) is 2.97. The Morgan fingerprint density at radius 3 is 2.95 bits per heavy atom. The molecule has 1 aliphatic carbocycles. The number of hydrogen-bond acceptors (Lipinski definition) is 3. The van der Waals surface area contributed by atoms with Gasteiger partial charge in [0, 0.05) is 6.42 Å². The van der Waals surface area contributed by atoms with Crippen LogP contribution in [0.4, 0.5) is 4.39 Å². The van der Waals surface area contributed by atoms with Crippen LogP contribution in [0.3, 0.4) is 0 Å². The van der Waals surface area contributed by atoms with Crippen molar-refractivity contribution < 1.29 is 9.18 Å². The first-order chi connectivity index (χ1) is 9.04. The minimum atomic E-state index is -0.391. The van der Waals surface area contributed by atoms with Gasteiger partial charge in [0.1, 0.15) is 5.78 Å². The zero-order valence-corrected chi connectivity index (χ0v) is 11.8. The third-order valence-corrected chi connectivity index (χ3v) is 3.92. The normalized spacial score (nSPS) is 23.3. The van der Waals surface area contributed by atoms with Gasteiger partial charge in [-0.25, -0.2) is 14.4 Å². The quantitative estimate of drug-likeness (QED) is 0.794. The van der Waals surface area contributed by atoms with Crippen molar-refractivity contribution >= 4 is 17.4 Å². The zero-order chi connectivity index (χ0) is 13.8. The Morgan fingerprint density at radius 1 is 1.47 bits per heavy atom. The van der Waals surface area contributed by atoms with E-state index in [9.17, 15) is 9.18 Å². The number of rotatable bonds is 4. The van der Waals surface area contributed by atoms with Crippen molar-refractivity contribution in [3.8, 4) is 0 Å². The van der Waals surface area contributed by atoms with Gasteiger partial charge in [-0.2, -0.15) is 0 Å². The van der Waals surface area contributed by atoms with Crippen molar-refractivity contribution in [3.05, 3.63) is 23.0 Å². The molecule has 1 aliphatic rings. The molecule has 1 aromatic heterocycles. The Labute approximate surface area is 117 Å². The fourth-order valence-corrected chi connectivity index (χ4v) is 3.13. The van der Waals surface area contributed by atoms with Crippen molar-refractivity contribution in [2.45, 2.75) is 45.4 Å². The molecular weight excluding hydrogens is 267 g/mol. The summed E-state index contributed by atoms with van der Waals surface area (Å²) >= 11 is 5.70. The summed E-state index contributed by atoms with van der Waals surface area (Å²) in [6.07, 6.45) is 6.59. The zero-order valence-electron chi connectivity index (χ0n) is 11.0. The Bertz CT molecular complexity index is 467. The summed E-state index contributed by atoms with van der Waals surface area (Å²) in [5.74, 6) is 0.676. The molecule has 0 aliphatic heterocycles. The number of carbonyl (C=O) groups is 1. The number of nitrogens with zero attached hydrogens (tertiary/aromatic N) is 2. The van der Waals surface area contributed by atoms with Gasteiger partial charge in [0.15, 0.2) is 5.82 Å². The Morgan fingerprint density at radius 2 is 2.21 bits per heavy atom. The highest BCUT2D eigenvalue weighted by Crippen LogP contribution is 2.33. The molecule has 0 amide bonds. The van der Waals surface area contributed by atoms with Gasteiger partial charge in [-0.05, 0) is 43.2 Å². The Balaban J connectivity index is 1.98. The van der Waals surface area contributed by atoms with Gasteiger partial charge in [-0.15, -0.1) is 0 Å². The molecule has 1 heterocycles. The predicted molar refractivity (Wildman–Crippen MR) is 71.5 cm³/mol. The second-order valence-corrected chi connectivity index (χ2v) is 5.78. The molecule has 0 bridgehead atoms. The molecule has 1 saturated carbocycles. The van der Waals surface area contributed by atoms with Crippen LogP contribution < -0.4 is 0 Å². The van der Waals surface area contributed by atoms with Crippen LogP contribution in [0.15, 0.2) is 6.20 Å². The highest BCUT2D eigenvalue weighted by molar-refractivity contribution is 6.28. The summed E-state index contributed by atoms with van der Waals surface area (Å²) < 4.78 is 13.6. The molecule has 0 saturated heterocycles. The monoisotopic (exact) mass is 284 g/mol. The number of hydrogen-bond donors (Lipinski definition) is 0. The molecule has 1 aromatic rings. The van der Waals surface area contributed by atoms with E-state index < -0.39 is 5.82 Å². The molecule has 19 heavy (non-hydrogen) atoms. The summed E-state index contributed by atoms with van der Waals surface area (Å²) in [6.45, 7) is 1.63. The molecule has 0 radical (unpaired) electrons. The van der Waals surface area contributed by atoms with Gasteiger partial charge in [0.2, 0.25) is 5.28 Å². The summed E-state index contributed by atoms with van der Waals surface area (Å²) in [7, 11) is 0. The largest absolute Gasteiger partial charge is 0.300 e. The van der Waals surface area contributed by atoms with Gasteiger partial charge in [0.05, 0.1) is 11.9 Å². The number of ketones is 1. The van der Waals surface area contributed by atoms with Crippen molar-refractivity contribution in [2.24, 2.45) is 11.8 Å². The molecular formula is C14H18ClFN2O. The van der Waals surface area contributed by atoms with E-state index in [1.165, 1.54) is 0 Å². The highest BCUT2D eigenvalue weighted by atomic mass is 35.5. The molecule has 0 spiro atoms. The van der Waals surface area contributed by atoms with Crippen LogP contribution in [0.1, 0.15) is 44.7 Å². The summed E-state index contributed by atoms with van der Waals surface area (Å²) in [5, 5.41) is 0.0903. The minimum absolute atomic E-state index is 0.0903. The molecule has 0 aromatic carbocycles. The molecule has 1 fully saturated rings. The average molecular weight is 285 g/mol. The van der Waals surface area contributed by atoms with Gasteiger partial charge in [0.25, 0.3) is 0 Å². The maximum absolute atomic E-state index is 13.6. The predicted octanol–water partition coefficient (Wildman–Crippen LogP) is 3.60. The van der Waals surface area contributed by atoms with Crippen molar-refractivity contribution in [2.75, 3.05) is 0 Å². The van der Waals surface area contributed by atoms with E-state index in [0.717, 1.165) is 31.9 Å². The third kappa shape index (κ3) is 4.23. The summed E-state index contributed by atoms with van der Waals surface area (Å²) in [4.78, 5) is 18.8. The molecule has 3 nitrogen and oxygen atoms in total. The standard InChI is InChI=1S/C14H18ClFN2O/c1-9(19)5-10-3-2-4-11(6-10)7-13-12(16)8-17-14(15)18-13/h8,10-11H,2-7H2,1H3/t10-,11-/m1/s1. The van der Waals surface area contributed by atoms with Gasteiger partial charge in [-0.1, -0.05) is 19.3 Å². The molecule has 0 unspecified atom stereocenters. The number of carbonyl (C=O) groups excluding carboxylic acids is 1. The minimum Gasteiger partial charge on any atom is -0.300 e. The summed E-state index contributed by atoms with van der Waals surface area (Å²) in [5.41, 5.74) is 0.397. The first-order valence-corrected chi connectivity index (χ1v) is 7.08. The van der Waals surface area contributed by atoms with Crippen LogP contribution in [-0.2, 0) is 11.2 Å². The van der Waals surface area contributed by atoms with Gasteiger partial charge in [-0.3, -0.25) is 0 Å². The molecule has 104 valence electrons. The van der Waals surface area contributed by atoms with Crippen LogP contribution in [0.2, 0.25) is 5.28 Å². The van der Waals surface area contributed by atoms with Crippen molar-refractivity contribution in [3.63, 3.8) is 0 Å². The van der Waals surface area contributed by atoms with Crippen molar-refractivity contribution in [1.82, 2.24) is 9.97 Å². The smallest absolute Gasteiger partial charge is 0.222 e. The Kier molecular flexibility index (Phi) is 4.86. The van der Waals surface area contributed by atoms with E-state index in [2.05, 4.69) is 9.97 Å². The van der Waals surface area contributed by atoms with Crippen LogP contribution >= 0.6 is 11.6 Å². The van der Waals surface area contributed by atoms with Crippen LogP contribution in [0.25, 0.3) is 0 Å². The molecule has 2 atom stereocenters. The lowest BCUT2D eigenvalue weighted by atomic mass is 9.77. The van der Waals surface area contributed by atoms with E-state index in [-0.39, 0.29) is 11.1 Å². The SMILES string of the molecule is CC(=O)C[C@H]1CCC[C@@H](Cc2nc(Cl)ncc2F)C1. The molecule has 2 rings (SSSR count). The summed E-state index contributed by atoms with van der Waals surface area (Å²) in [6, 6.07) is 0. The maximum atomic E-state index is 13.6. The van der Waals surface area contributed by atoms with E-state index in [4.69, 9.17) is 11.6 Å². The Hall–Kier alpha value is -1.03. The van der Waals surface area contributed by atoms with Crippen LogP contribution in [0, 0.1) is 17.7 Å². The van der Waals surface area contributed by atoms with Crippen LogP contribution in [-0.4, -0.2) is 15.8 Å². The maximum Gasteiger partial charge on any atom is 0.222 e. The molecule has 0 N–H and O–H groups in total. The average Bonchev–Trinajstić information content (AvgIpc) is 2.33. The first kappa shape index (κ1) is 14.4. The number of Topliss-reactive ketones (excluding diaryl/α,β-unsaturated/α-hetero) is 1. The lowest BCUT2D eigenvalue weighted by molar-refractivity contribution is -0.118. The van der Waals surface area contributed by atoms with Gasteiger partial charge >= 0.3 is 0 Å². The number of aromatic nitrogens is 2. The second kappa shape index (κ2) is 6.42. The van der Waals surface area contributed by atoms with Crippen molar-refractivity contribution in [1.29, 1.82) is 0 Å². The van der Waals surface area contributed by atoms with Crippen LogP contribution in [0.5, 0.6) is 0 Å². The number of halogens is 2. The van der Waals surface area contributed by atoms with E-state index >= 15 is 0 Å². The van der Waals surface area contributed by atoms with E-state index in [1.807, 2.05) is 0 Å². The van der Waals surface area contributed by atoms with Gasteiger partial charge < -0.3 is 4.79 Å². The van der Waals surface area contributed by atoms with E-state index in [1.54, 1.807) is 6.92 Å². The topological polar surface area (TPSA) is 42.9 Å². The first-order valence-electron chi connectivity index (χ1n) is 6.71. The highest BCUT2D eigenvalue weighted by Gasteiger charge is 2.24. The lowest BCUT2D eigenvalue weighted by Gasteiger charge is -2.28. The van der Waals surface area contributed by atoms with E-state index in [0.29, 0.717) is 30.4 Å². The molecule has 5 heteroatoms. The lowest BCUT2D eigenvalue weighted by Crippen LogP contribution is -2.20. The second-order valence-electron chi connectivity index (χ2n) is 5.44. The third-order valence-electron chi connectivity index (χ3n) is 3.74.